The molecule has 0 aliphatic carbocycles. The van der Waals surface area contributed by atoms with Crippen molar-refractivity contribution >= 4 is 12.2 Å². The average molecular weight is 159 g/mol. The lowest BCUT2D eigenvalue weighted by molar-refractivity contribution is -0.153. The van der Waals surface area contributed by atoms with Gasteiger partial charge in [-0.3, -0.25) is 4.79 Å². The predicted molar refractivity (Wildman–Crippen MR) is 40.7 cm³/mol. The van der Waals surface area contributed by atoms with E-state index in [0.717, 1.165) is 6.21 Å². The highest BCUT2D eigenvalue weighted by atomic mass is 16.6. The number of nitrogens with zero attached hydrogens (tertiary/aromatic N) is 1. The van der Waals surface area contributed by atoms with Gasteiger partial charge in [-0.2, -0.15) is 0 Å². The second-order valence-electron chi connectivity index (χ2n) is 3.09. The minimum Gasteiger partial charge on any atom is -0.460 e. The first kappa shape index (κ1) is 9.94. The van der Waals surface area contributed by atoms with E-state index < -0.39 is 11.6 Å². The molecule has 4 heteroatoms. The Morgan fingerprint density at radius 1 is 1.64 bits per heavy atom. The number of hydrogen-bond acceptors (Lipinski definition) is 4. The minimum atomic E-state index is -0.472. The van der Waals surface area contributed by atoms with E-state index in [1.807, 2.05) is 0 Å². The molecule has 0 aliphatic heterocycles. The molecule has 11 heavy (non-hydrogen) atoms. The van der Waals surface area contributed by atoms with Crippen molar-refractivity contribution < 1.29 is 14.7 Å². The number of ether oxygens (including phenoxy) is 1. The molecule has 0 atom stereocenters. The van der Waals surface area contributed by atoms with Crippen LogP contribution >= 0.6 is 0 Å². The summed E-state index contributed by atoms with van der Waals surface area (Å²) >= 11 is 0. The van der Waals surface area contributed by atoms with E-state index in [0.29, 0.717) is 0 Å². The fourth-order valence-electron chi connectivity index (χ4n) is 0.499. The fourth-order valence-corrected chi connectivity index (χ4v) is 0.499. The molecule has 0 aromatic carbocycles. The van der Waals surface area contributed by atoms with Gasteiger partial charge in [0.15, 0.2) is 0 Å². The lowest BCUT2D eigenvalue weighted by Gasteiger charge is -2.18. The molecule has 4 nitrogen and oxygen atoms in total. The van der Waals surface area contributed by atoms with Crippen molar-refractivity contribution in [2.75, 3.05) is 0 Å². The van der Waals surface area contributed by atoms with Gasteiger partial charge in [0.1, 0.15) is 5.60 Å². The number of carbonyl (C=O) groups excluding carboxylic acids is 1. The summed E-state index contributed by atoms with van der Waals surface area (Å²) in [7, 11) is 0. The second kappa shape index (κ2) is 3.95. The zero-order valence-electron chi connectivity index (χ0n) is 7.00. The van der Waals surface area contributed by atoms with Gasteiger partial charge in [-0.1, -0.05) is 0 Å². The quantitative estimate of drug-likeness (QED) is 0.285. The number of esters is 1. The van der Waals surface area contributed by atoms with Gasteiger partial charge in [0.25, 0.3) is 0 Å². The van der Waals surface area contributed by atoms with Crippen molar-refractivity contribution in [1.82, 2.24) is 0 Å². The summed E-state index contributed by atoms with van der Waals surface area (Å²) in [5.41, 5.74) is -0.472. The van der Waals surface area contributed by atoms with Crippen LogP contribution < -0.4 is 0 Å². The summed E-state index contributed by atoms with van der Waals surface area (Å²) in [6.07, 6.45) is 1.10. The Morgan fingerprint density at radius 3 is 2.55 bits per heavy atom. The maximum atomic E-state index is 10.8. The molecule has 0 fully saturated rings. The Morgan fingerprint density at radius 2 is 2.18 bits per heavy atom. The van der Waals surface area contributed by atoms with Gasteiger partial charge >= 0.3 is 5.97 Å². The highest BCUT2D eigenvalue weighted by molar-refractivity contribution is 5.85. The molecule has 0 bridgehead atoms. The summed E-state index contributed by atoms with van der Waals surface area (Å²) in [5, 5.41) is 10.7. The van der Waals surface area contributed by atoms with E-state index in [9.17, 15) is 4.79 Å². The summed E-state index contributed by atoms with van der Waals surface area (Å²) in [6.45, 7) is 5.34. The Labute approximate surface area is 65.8 Å². The molecule has 0 saturated heterocycles. The van der Waals surface area contributed by atoms with E-state index in [-0.39, 0.29) is 6.42 Å². The topological polar surface area (TPSA) is 58.9 Å². The summed E-state index contributed by atoms with van der Waals surface area (Å²) < 4.78 is 4.90. The fraction of sp³-hybridized carbons (Fsp3) is 0.714. The van der Waals surface area contributed by atoms with Crippen LogP contribution in [-0.2, 0) is 9.53 Å². The first-order valence-corrected chi connectivity index (χ1v) is 3.33. The first-order chi connectivity index (χ1) is 4.95. The highest BCUT2D eigenvalue weighted by Crippen LogP contribution is 2.07. The minimum absolute atomic E-state index is 0.00771. The smallest absolute Gasteiger partial charge is 0.311 e. The molecule has 64 valence electrons. The van der Waals surface area contributed by atoms with E-state index >= 15 is 0 Å². The lowest BCUT2D eigenvalue weighted by atomic mass is 10.2. The molecule has 0 spiro atoms. The van der Waals surface area contributed by atoms with Crippen molar-refractivity contribution in [3.63, 3.8) is 0 Å². The molecule has 0 aromatic heterocycles. The van der Waals surface area contributed by atoms with Crippen LogP contribution in [0, 0.1) is 0 Å². The van der Waals surface area contributed by atoms with Crippen LogP contribution in [0.25, 0.3) is 0 Å². The maximum absolute atomic E-state index is 10.8. The first-order valence-electron chi connectivity index (χ1n) is 3.33. The molecule has 0 amide bonds. The standard InChI is InChI=1S/C7H13NO3/c1-7(2,3)11-6(9)4-5-8-10/h5,10H,4H2,1-3H3/b8-5+. The third kappa shape index (κ3) is 6.83. The van der Waals surface area contributed by atoms with Crippen LogP contribution in [0.4, 0.5) is 0 Å². The largest absolute Gasteiger partial charge is 0.460 e. The predicted octanol–water partition coefficient (Wildman–Crippen LogP) is 1.18. The normalized spacial score (nSPS) is 11.9. The molecule has 0 heterocycles. The summed E-state index contributed by atoms with van der Waals surface area (Å²) in [6, 6.07) is 0. The van der Waals surface area contributed by atoms with Gasteiger partial charge in [0.2, 0.25) is 0 Å². The van der Waals surface area contributed by atoms with Crippen LogP contribution in [0.2, 0.25) is 0 Å². The van der Waals surface area contributed by atoms with E-state index in [4.69, 9.17) is 9.94 Å². The van der Waals surface area contributed by atoms with Gasteiger partial charge in [-0.25, -0.2) is 0 Å². The highest BCUT2D eigenvalue weighted by Gasteiger charge is 2.14. The van der Waals surface area contributed by atoms with Crippen molar-refractivity contribution in [3.05, 3.63) is 0 Å². The van der Waals surface area contributed by atoms with Crippen LogP contribution in [0.15, 0.2) is 5.16 Å². The van der Waals surface area contributed by atoms with Gasteiger partial charge in [-0.15, -0.1) is 5.16 Å². The number of hydrogen-bond donors (Lipinski definition) is 1. The Bertz CT molecular complexity index is 158. The van der Waals surface area contributed by atoms with Gasteiger partial charge < -0.3 is 9.94 Å². The molecule has 0 unspecified atom stereocenters. The Hall–Kier alpha value is -1.06. The molecule has 0 radical (unpaired) electrons. The van der Waals surface area contributed by atoms with Crippen LogP contribution in [0.1, 0.15) is 27.2 Å². The SMILES string of the molecule is CC(C)(C)OC(=O)C/C=N/O. The lowest BCUT2D eigenvalue weighted by Crippen LogP contribution is -2.23. The Kier molecular flexibility index (Phi) is 3.57. The number of carbonyl (C=O) groups is 1. The van der Waals surface area contributed by atoms with Crippen molar-refractivity contribution in [2.45, 2.75) is 32.8 Å². The van der Waals surface area contributed by atoms with Crippen LogP contribution in [-0.4, -0.2) is 23.0 Å². The zero-order valence-corrected chi connectivity index (χ0v) is 7.00. The third-order valence-corrected chi connectivity index (χ3v) is 0.760. The van der Waals surface area contributed by atoms with Crippen LogP contribution in [0.3, 0.4) is 0 Å². The molecular formula is C7H13NO3. The summed E-state index contributed by atoms with van der Waals surface area (Å²) in [4.78, 5) is 10.8. The van der Waals surface area contributed by atoms with E-state index in [1.165, 1.54) is 0 Å². The van der Waals surface area contributed by atoms with Crippen molar-refractivity contribution in [1.29, 1.82) is 0 Å². The molecule has 0 rings (SSSR count). The third-order valence-electron chi connectivity index (χ3n) is 0.760. The van der Waals surface area contributed by atoms with Crippen molar-refractivity contribution in [2.24, 2.45) is 5.16 Å². The summed E-state index contributed by atoms with van der Waals surface area (Å²) in [5.74, 6) is -0.393. The van der Waals surface area contributed by atoms with Gasteiger partial charge in [-0.05, 0) is 20.8 Å². The van der Waals surface area contributed by atoms with E-state index in [2.05, 4.69) is 5.16 Å². The Balaban J connectivity index is 3.70. The van der Waals surface area contributed by atoms with E-state index in [1.54, 1.807) is 20.8 Å². The van der Waals surface area contributed by atoms with Gasteiger partial charge in [0.05, 0.1) is 12.6 Å². The molecule has 1 N–H and O–H groups in total. The molecular weight excluding hydrogens is 146 g/mol. The van der Waals surface area contributed by atoms with Crippen LogP contribution in [0.5, 0.6) is 0 Å². The molecule has 0 saturated carbocycles. The van der Waals surface area contributed by atoms with Gasteiger partial charge in [0, 0.05) is 0 Å². The number of rotatable bonds is 2. The molecule has 0 aliphatic rings. The molecule has 0 aromatic rings. The number of oxime groups is 1. The monoisotopic (exact) mass is 159 g/mol. The second-order valence-corrected chi connectivity index (χ2v) is 3.09. The zero-order chi connectivity index (χ0) is 8.91. The maximum Gasteiger partial charge on any atom is 0.311 e. The average Bonchev–Trinajstić information content (AvgIpc) is 1.79. The van der Waals surface area contributed by atoms with Crippen molar-refractivity contribution in [3.8, 4) is 0 Å².